The Balaban J connectivity index is 1.68. The third kappa shape index (κ3) is 5.67. The van der Waals surface area contributed by atoms with Crippen molar-refractivity contribution >= 4 is 15.9 Å². The van der Waals surface area contributed by atoms with Gasteiger partial charge >= 0.3 is 0 Å². The summed E-state index contributed by atoms with van der Waals surface area (Å²) >= 11 is 0. The second-order valence-corrected chi connectivity index (χ2v) is 11.6. The molecule has 2 heterocycles. The first-order valence-electron chi connectivity index (χ1n) is 12.4. The zero-order chi connectivity index (χ0) is 27.4. The number of benzene rings is 2. The molecule has 0 bridgehead atoms. The minimum absolute atomic E-state index is 0.0343. The molecule has 10 heteroatoms. The number of aliphatic hydroxyl groups excluding tert-OH is 1. The van der Waals surface area contributed by atoms with E-state index < -0.39 is 22.2 Å². The van der Waals surface area contributed by atoms with Crippen LogP contribution in [0, 0.1) is 5.92 Å². The summed E-state index contributed by atoms with van der Waals surface area (Å²) in [5.74, 6) is 0.141. The number of hydrogen-bond acceptors (Lipinski definition) is 7. The lowest BCUT2D eigenvalue weighted by atomic mass is 9.99. The number of aromatic nitrogens is 1. The zero-order valence-electron chi connectivity index (χ0n) is 21.9. The van der Waals surface area contributed by atoms with Gasteiger partial charge in [0.1, 0.15) is 17.4 Å². The first-order valence-corrected chi connectivity index (χ1v) is 13.8. The molecule has 38 heavy (non-hydrogen) atoms. The van der Waals surface area contributed by atoms with E-state index in [1.54, 1.807) is 36.2 Å². The molecule has 2 aromatic carbocycles. The summed E-state index contributed by atoms with van der Waals surface area (Å²) in [6.45, 7) is 3.77. The number of amides is 1. The van der Waals surface area contributed by atoms with Crippen LogP contribution < -0.4 is 9.47 Å². The SMILES string of the molecule is COc1ccc(S(=O)(=O)N(C)C[C@@H]2Oc3ncc(-c4ccccc4)cc3C(=O)N([C@H](C)CO)C[C@@H]2C)cc1. The van der Waals surface area contributed by atoms with Crippen LogP contribution in [0.4, 0.5) is 0 Å². The maximum atomic E-state index is 13.6. The molecular formula is C28H33N3O6S. The smallest absolute Gasteiger partial charge is 0.259 e. The Kier molecular flexibility index (Phi) is 8.35. The van der Waals surface area contributed by atoms with Gasteiger partial charge in [0.05, 0.1) is 31.2 Å². The highest BCUT2D eigenvalue weighted by Crippen LogP contribution is 2.31. The number of carbonyl (C=O) groups is 1. The van der Waals surface area contributed by atoms with Crippen LogP contribution in [0.2, 0.25) is 0 Å². The van der Waals surface area contributed by atoms with Crippen molar-refractivity contribution in [3.05, 3.63) is 72.4 Å². The third-order valence-corrected chi connectivity index (χ3v) is 8.67. The van der Waals surface area contributed by atoms with Gasteiger partial charge in [-0.1, -0.05) is 37.3 Å². The van der Waals surface area contributed by atoms with Gasteiger partial charge in [0, 0.05) is 31.3 Å². The summed E-state index contributed by atoms with van der Waals surface area (Å²) in [6.07, 6.45) is 1.03. The van der Waals surface area contributed by atoms with Crippen LogP contribution in [0.3, 0.4) is 0 Å². The first-order chi connectivity index (χ1) is 18.1. The molecule has 3 atom stereocenters. The fourth-order valence-electron chi connectivity index (χ4n) is 4.39. The molecular weight excluding hydrogens is 506 g/mol. The number of rotatable bonds is 8. The molecule has 4 rings (SSSR count). The van der Waals surface area contributed by atoms with E-state index in [4.69, 9.17) is 9.47 Å². The maximum absolute atomic E-state index is 13.6. The molecule has 0 saturated carbocycles. The Morgan fingerprint density at radius 3 is 2.47 bits per heavy atom. The summed E-state index contributed by atoms with van der Waals surface area (Å²) < 4.78 is 39.2. The molecule has 0 unspecified atom stereocenters. The normalized spacial score (nSPS) is 18.8. The number of aliphatic hydroxyl groups is 1. The Labute approximate surface area is 223 Å². The fraction of sp³-hybridized carbons (Fsp3) is 0.357. The van der Waals surface area contributed by atoms with Crippen molar-refractivity contribution < 1.29 is 27.8 Å². The van der Waals surface area contributed by atoms with Crippen molar-refractivity contribution in [1.82, 2.24) is 14.2 Å². The molecule has 1 N–H and O–H groups in total. The van der Waals surface area contributed by atoms with E-state index in [1.807, 2.05) is 37.3 Å². The second-order valence-electron chi connectivity index (χ2n) is 9.53. The van der Waals surface area contributed by atoms with Crippen LogP contribution in [-0.2, 0) is 10.0 Å². The van der Waals surface area contributed by atoms with Gasteiger partial charge in [-0.05, 0) is 42.8 Å². The Morgan fingerprint density at radius 2 is 1.84 bits per heavy atom. The number of methoxy groups -OCH3 is 1. The third-order valence-electron chi connectivity index (χ3n) is 6.83. The van der Waals surface area contributed by atoms with Crippen molar-refractivity contribution in [2.45, 2.75) is 30.9 Å². The number of sulfonamides is 1. The fourth-order valence-corrected chi connectivity index (χ4v) is 5.57. The minimum Gasteiger partial charge on any atom is -0.497 e. The van der Waals surface area contributed by atoms with Gasteiger partial charge in [0.2, 0.25) is 15.9 Å². The Morgan fingerprint density at radius 1 is 1.16 bits per heavy atom. The lowest BCUT2D eigenvalue weighted by molar-refractivity contribution is 0.0373. The van der Waals surface area contributed by atoms with Crippen molar-refractivity contribution in [1.29, 1.82) is 0 Å². The van der Waals surface area contributed by atoms with Crippen LogP contribution in [-0.4, -0.2) is 79.6 Å². The second kappa shape index (κ2) is 11.5. The van der Waals surface area contributed by atoms with Crippen LogP contribution >= 0.6 is 0 Å². The van der Waals surface area contributed by atoms with E-state index in [0.717, 1.165) is 11.1 Å². The molecule has 202 valence electrons. The molecule has 3 aromatic rings. The van der Waals surface area contributed by atoms with Crippen molar-refractivity contribution in [3.8, 4) is 22.8 Å². The summed E-state index contributed by atoms with van der Waals surface area (Å²) in [4.78, 5) is 19.8. The van der Waals surface area contributed by atoms with Gasteiger partial charge in [-0.2, -0.15) is 4.31 Å². The molecule has 0 radical (unpaired) electrons. The summed E-state index contributed by atoms with van der Waals surface area (Å²) in [7, 11) is -0.799. The molecule has 0 spiro atoms. The average Bonchev–Trinajstić information content (AvgIpc) is 2.94. The van der Waals surface area contributed by atoms with E-state index in [1.165, 1.54) is 30.6 Å². The van der Waals surface area contributed by atoms with E-state index in [-0.39, 0.29) is 47.9 Å². The number of ether oxygens (including phenoxy) is 2. The molecule has 0 fully saturated rings. The average molecular weight is 540 g/mol. The number of hydrogen-bond donors (Lipinski definition) is 1. The summed E-state index contributed by atoms with van der Waals surface area (Å²) in [6, 6.07) is 17.1. The van der Waals surface area contributed by atoms with Gasteiger partial charge in [-0.15, -0.1) is 0 Å². The van der Waals surface area contributed by atoms with Crippen LogP contribution in [0.1, 0.15) is 24.2 Å². The monoisotopic (exact) mass is 539 g/mol. The van der Waals surface area contributed by atoms with E-state index in [0.29, 0.717) is 5.75 Å². The topological polar surface area (TPSA) is 109 Å². The molecule has 1 aliphatic rings. The van der Waals surface area contributed by atoms with Crippen molar-refractivity contribution in [3.63, 3.8) is 0 Å². The van der Waals surface area contributed by atoms with Gasteiger partial charge in [-0.25, -0.2) is 13.4 Å². The minimum atomic E-state index is -3.82. The number of likely N-dealkylation sites (N-methyl/N-ethyl adjacent to an activating group) is 1. The summed E-state index contributed by atoms with van der Waals surface area (Å²) in [5, 5.41) is 9.88. The lowest BCUT2D eigenvalue weighted by Crippen LogP contribution is -2.50. The standard InChI is InChI=1S/C28H33N3O6S/c1-19-16-31(20(2)18-32)28(33)25-14-22(21-8-6-5-7-9-21)15-29-27(25)37-26(19)17-30(3)38(34,35)24-12-10-23(36-4)11-13-24/h5-15,19-20,26,32H,16-18H2,1-4H3/t19-,20+,26-/m0/s1. The Hall–Kier alpha value is -3.47. The maximum Gasteiger partial charge on any atom is 0.259 e. The highest BCUT2D eigenvalue weighted by molar-refractivity contribution is 7.89. The zero-order valence-corrected chi connectivity index (χ0v) is 22.8. The van der Waals surface area contributed by atoms with Crippen LogP contribution in [0.15, 0.2) is 71.8 Å². The van der Waals surface area contributed by atoms with Crippen molar-refractivity contribution in [2.24, 2.45) is 5.92 Å². The molecule has 1 amide bonds. The molecule has 1 aromatic heterocycles. The van der Waals surface area contributed by atoms with Gasteiger partial charge in [-0.3, -0.25) is 4.79 Å². The van der Waals surface area contributed by atoms with Crippen LogP contribution in [0.5, 0.6) is 11.6 Å². The molecule has 1 aliphatic heterocycles. The highest BCUT2D eigenvalue weighted by Gasteiger charge is 2.36. The number of nitrogens with zero attached hydrogens (tertiary/aromatic N) is 3. The quantitative estimate of drug-likeness (QED) is 0.468. The predicted octanol–water partition coefficient (Wildman–Crippen LogP) is 3.30. The largest absolute Gasteiger partial charge is 0.497 e. The molecule has 0 saturated heterocycles. The highest BCUT2D eigenvalue weighted by atomic mass is 32.2. The van der Waals surface area contributed by atoms with E-state index in [2.05, 4.69) is 4.98 Å². The number of pyridine rings is 1. The molecule has 0 aliphatic carbocycles. The Bertz CT molecular complexity index is 1370. The first kappa shape index (κ1) is 27.6. The van der Waals surface area contributed by atoms with Crippen LogP contribution in [0.25, 0.3) is 11.1 Å². The molecule has 9 nitrogen and oxygen atoms in total. The number of fused-ring (bicyclic) bond motifs is 1. The van der Waals surface area contributed by atoms with E-state index in [9.17, 15) is 18.3 Å². The van der Waals surface area contributed by atoms with Gasteiger partial charge in [0.25, 0.3) is 5.91 Å². The van der Waals surface area contributed by atoms with Gasteiger partial charge < -0.3 is 19.5 Å². The van der Waals surface area contributed by atoms with Gasteiger partial charge in [0.15, 0.2) is 0 Å². The number of carbonyl (C=O) groups excluding carboxylic acids is 1. The lowest BCUT2D eigenvalue weighted by Gasteiger charge is -2.37. The van der Waals surface area contributed by atoms with Crippen molar-refractivity contribution in [2.75, 3.05) is 33.9 Å². The van der Waals surface area contributed by atoms with E-state index >= 15 is 0 Å². The summed E-state index contributed by atoms with van der Waals surface area (Å²) in [5.41, 5.74) is 1.92. The predicted molar refractivity (Wildman–Crippen MR) is 144 cm³/mol.